The third-order valence-corrected chi connectivity index (χ3v) is 5.60. The molecule has 2 fully saturated rings. The molecule has 0 amide bonds. The lowest BCUT2D eigenvalue weighted by atomic mass is 10.0. The number of carbonyl (C=O) groups is 2. The molecule has 3 atom stereocenters. The largest absolute Gasteiger partial charge is 0.466 e. The Hall–Kier alpha value is -1.70. The number of hydrazone groups is 1. The van der Waals surface area contributed by atoms with Gasteiger partial charge in [-0.1, -0.05) is 11.6 Å². The van der Waals surface area contributed by atoms with Crippen LogP contribution in [0.15, 0.2) is 15.3 Å². The molecular weight excluding hydrogens is 444 g/mol. The molecule has 33 heavy (non-hydrogen) atoms. The van der Waals surface area contributed by atoms with Crippen LogP contribution in [0.1, 0.15) is 93.9 Å². The summed E-state index contributed by atoms with van der Waals surface area (Å²) in [6, 6.07) is 0. The zero-order chi connectivity index (χ0) is 25.3. The van der Waals surface area contributed by atoms with Gasteiger partial charge in [-0.25, -0.2) is 0 Å². The molecule has 0 radical (unpaired) electrons. The van der Waals surface area contributed by atoms with Gasteiger partial charge >= 0.3 is 11.9 Å². The van der Waals surface area contributed by atoms with Crippen molar-refractivity contribution < 1.29 is 19.1 Å². The Morgan fingerprint density at radius 1 is 1.03 bits per heavy atom. The zero-order valence-corrected chi connectivity index (χ0v) is 22.4. The second-order valence-corrected chi connectivity index (χ2v) is 11.2. The van der Waals surface area contributed by atoms with E-state index in [2.05, 4.69) is 20.8 Å². The van der Waals surface area contributed by atoms with E-state index in [0.717, 1.165) is 37.8 Å². The number of esters is 2. The molecule has 9 heteroatoms. The molecule has 1 N–H and O–H groups in total. The topological polar surface area (TPSA) is 102 Å². The summed E-state index contributed by atoms with van der Waals surface area (Å²) in [7, 11) is 0. The van der Waals surface area contributed by atoms with Crippen molar-refractivity contribution >= 4 is 29.3 Å². The van der Waals surface area contributed by atoms with Crippen LogP contribution in [0.3, 0.4) is 0 Å². The molecule has 0 aliphatic heterocycles. The second-order valence-electron chi connectivity index (χ2n) is 10.5. The fourth-order valence-electron chi connectivity index (χ4n) is 3.54. The Balaban J connectivity index is 0.000000331. The van der Waals surface area contributed by atoms with Crippen LogP contribution in [0.2, 0.25) is 0 Å². The summed E-state index contributed by atoms with van der Waals surface area (Å²) < 4.78 is 10.1. The van der Waals surface area contributed by atoms with Gasteiger partial charge in [0.15, 0.2) is 5.00 Å². The first-order valence-electron chi connectivity index (χ1n) is 12.0. The highest BCUT2D eigenvalue weighted by Crippen LogP contribution is 2.43. The van der Waals surface area contributed by atoms with Crippen molar-refractivity contribution in [3.05, 3.63) is 0 Å². The molecule has 2 aliphatic carbocycles. The van der Waals surface area contributed by atoms with E-state index in [9.17, 15) is 9.59 Å². The van der Waals surface area contributed by atoms with Crippen molar-refractivity contribution in [1.82, 2.24) is 5.43 Å². The van der Waals surface area contributed by atoms with E-state index in [1.807, 2.05) is 48.5 Å². The van der Waals surface area contributed by atoms with Crippen molar-refractivity contribution in [3.63, 3.8) is 0 Å². The minimum Gasteiger partial charge on any atom is -0.466 e. The number of ether oxygens (including phenoxy) is 2. The summed E-state index contributed by atoms with van der Waals surface area (Å²) >= 11 is 6.41. The lowest BCUT2D eigenvalue weighted by Crippen LogP contribution is -2.33. The predicted octanol–water partition coefficient (Wildman–Crippen LogP) is 5.63. The highest BCUT2D eigenvalue weighted by atomic mass is 35.5. The lowest BCUT2D eigenvalue weighted by molar-refractivity contribution is -0.149. The van der Waals surface area contributed by atoms with Gasteiger partial charge in [0.1, 0.15) is 0 Å². The predicted molar refractivity (Wildman–Crippen MR) is 131 cm³/mol. The summed E-state index contributed by atoms with van der Waals surface area (Å²) in [4.78, 5) is 22.5. The average molecular weight is 487 g/mol. The standard InChI is InChI=1S/C12H21ClN2O2.C12H22N2O2/c1-5-17-10(16)9-7-6-8-12(9,13)15-14-11(2,3)4;1-5-16-11(15)9-7-6-8-10(9)13-14-12(2,3)4/h9H,5-8H2,1-4H3;9,14H,5-8H2,1-4H3/b;13-10+. The number of hydrogen-bond donors (Lipinski definition) is 1. The Morgan fingerprint density at radius 3 is 2.18 bits per heavy atom. The molecule has 2 rings (SSSR count). The maximum atomic E-state index is 11.8. The number of azo groups is 1. The Kier molecular flexibility index (Phi) is 11.3. The maximum absolute atomic E-state index is 11.8. The number of carbonyl (C=O) groups excluding carboxylic acids is 2. The number of nitrogens with one attached hydrogen (secondary N) is 1. The van der Waals surface area contributed by atoms with Crippen LogP contribution in [0, 0.1) is 11.8 Å². The normalized spacial score (nSPS) is 26.8. The fourth-order valence-corrected chi connectivity index (χ4v) is 3.91. The monoisotopic (exact) mass is 486 g/mol. The summed E-state index contributed by atoms with van der Waals surface area (Å²) in [5.41, 5.74) is 3.67. The lowest BCUT2D eigenvalue weighted by Gasteiger charge is -2.23. The Labute approximate surface area is 204 Å². The van der Waals surface area contributed by atoms with Gasteiger partial charge < -0.3 is 14.9 Å². The van der Waals surface area contributed by atoms with Crippen molar-refractivity contribution in [1.29, 1.82) is 0 Å². The van der Waals surface area contributed by atoms with E-state index in [1.165, 1.54) is 0 Å². The van der Waals surface area contributed by atoms with Crippen molar-refractivity contribution in [2.45, 2.75) is 110 Å². The van der Waals surface area contributed by atoms with Crippen molar-refractivity contribution in [3.8, 4) is 0 Å². The third-order valence-electron chi connectivity index (χ3n) is 5.08. The molecule has 0 aromatic heterocycles. The second kappa shape index (κ2) is 12.7. The molecule has 2 aliphatic rings. The van der Waals surface area contributed by atoms with Crippen LogP contribution in [-0.2, 0) is 19.1 Å². The third kappa shape index (κ3) is 10.4. The van der Waals surface area contributed by atoms with Crippen LogP contribution in [0.5, 0.6) is 0 Å². The Morgan fingerprint density at radius 2 is 1.64 bits per heavy atom. The molecule has 0 saturated heterocycles. The number of rotatable bonds is 6. The molecule has 2 saturated carbocycles. The van der Waals surface area contributed by atoms with E-state index >= 15 is 0 Å². The van der Waals surface area contributed by atoms with Crippen LogP contribution in [0.25, 0.3) is 0 Å². The van der Waals surface area contributed by atoms with Gasteiger partial charge in [-0.2, -0.15) is 15.3 Å². The number of nitrogens with zero attached hydrogens (tertiary/aromatic N) is 3. The van der Waals surface area contributed by atoms with Gasteiger partial charge in [0.2, 0.25) is 0 Å². The smallest absolute Gasteiger partial charge is 0.314 e. The summed E-state index contributed by atoms with van der Waals surface area (Å²) in [5, 5.41) is 12.7. The molecule has 0 aromatic rings. The summed E-state index contributed by atoms with van der Waals surface area (Å²) in [6.45, 7) is 16.4. The minimum atomic E-state index is -0.903. The van der Waals surface area contributed by atoms with E-state index in [-0.39, 0.29) is 34.9 Å². The fraction of sp³-hybridized carbons (Fsp3) is 0.875. The van der Waals surface area contributed by atoms with Gasteiger partial charge in [0, 0.05) is 5.54 Å². The quantitative estimate of drug-likeness (QED) is 0.172. The minimum absolute atomic E-state index is 0.0607. The van der Waals surface area contributed by atoms with Crippen LogP contribution < -0.4 is 5.43 Å². The van der Waals surface area contributed by atoms with Crippen molar-refractivity contribution in [2.24, 2.45) is 27.2 Å². The van der Waals surface area contributed by atoms with Crippen LogP contribution in [0.4, 0.5) is 0 Å². The SMILES string of the molecule is CCOC(=O)C1CCC/C1=N\NC(C)(C)C.CCOC(=O)C1CCCC1(Cl)N=NC(C)(C)C. The summed E-state index contributed by atoms with van der Waals surface area (Å²) in [6.07, 6.45) is 5.07. The number of halogens is 1. The number of hydrogen-bond acceptors (Lipinski definition) is 8. The first kappa shape index (κ1) is 29.3. The average Bonchev–Trinajstić information content (AvgIpc) is 3.32. The summed E-state index contributed by atoms with van der Waals surface area (Å²) in [5.74, 6) is -0.882. The Bertz CT molecular complexity index is 712. The first-order valence-corrected chi connectivity index (χ1v) is 12.4. The van der Waals surface area contributed by atoms with E-state index in [4.69, 9.17) is 21.1 Å². The molecule has 8 nitrogen and oxygen atoms in total. The van der Waals surface area contributed by atoms with Gasteiger partial charge in [0.25, 0.3) is 0 Å². The molecular formula is C24H43ClN4O4. The van der Waals surface area contributed by atoms with Crippen LogP contribution in [-0.4, -0.2) is 46.9 Å². The van der Waals surface area contributed by atoms with Gasteiger partial charge in [-0.3, -0.25) is 9.59 Å². The van der Waals surface area contributed by atoms with Gasteiger partial charge in [0.05, 0.1) is 36.3 Å². The molecule has 3 unspecified atom stereocenters. The highest BCUT2D eigenvalue weighted by Gasteiger charge is 2.47. The maximum Gasteiger partial charge on any atom is 0.314 e. The van der Waals surface area contributed by atoms with Crippen molar-refractivity contribution in [2.75, 3.05) is 13.2 Å². The first-order chi connectivity index (χ1) is 15.2. The highest BCUT2D eigenvalue weighted by molar-refractivity contribution is 6.25. The van der Waals surface area contributed by atoms with Gasteiger partial charge in [-0.05, 0) is 93.9 Å². The van der Waals surface area contributed by atoms with Crippen LogP contribution >= 0.6 is 11.6 Å². The van der Waals surface area contributed by atoms with E-state index in [0.29, 0.717) is 19.6 Å². The molecule has 0 bridgehead atoms. The van der Waals surface area contributed by atoms with E-state index < -0.39 is 5.00 Å². The molecule has 190 valence electrons. The molecule has 0 heterocycles. The number of alkyl halides is 1. The molecule has 0 aromatic carbocycles. The molecule has 0 spiro atoms. The van der Waals surface area contributed by atoms with Gasteiger partial charge in [-0.15, -0.1) is 0 Å². The zero-order valence-electron chi connectivity index (χ0n) is 21.7. The van der Waals surface area contributed by atoms with E-state index in [1.54, 1.807) is 6.92 Å².